The number of carboxylic acids is 1. The zero-order valence-electron chi connectivity index (χ0n) is 11.1. The Balaban J connectivity index is 2.61. The molecular weight excluding hydrogens is 232 g/mol. The molecule has 0 aliphatic heterocycles. The first-order valence-electron chi connectivity index (χ1n) is 6.52. The zero-order chi connectivity index (χ0) is 13.6. The van der Waals surface area contributed by atoms with Crippen LogP contribution in [0.2, 0.25) is 0 Å². The van der Waals surface area contributed by atoms with E-state index in [0.717, 1.165) is 12.8 Å². The number of carboxylic acid groups (broad SMARTS) is 1. The Morgan fingerprint density at radius 2 is 2.28 bits per heavy atom. The Kier molecular flexibility index (Phi) is 5.44. The van der Waals surface area contributed by atoms with Gasteiger partial charge in [0.15, 0.2) is 0 Å². The van der Waals surface area contributed by atoms with Crippen LogP contribution >= 0.6 is 0 Å². The molecule has 3 atom stereocenters. The van der Waals surface area contributed by atoms with E-state index in [2.05, 4.69) is 22.3 Å². The summed E-state index contributed by atoms with van der Waals surface area (Å²) in [5.41, 5.74) is 7.36. The van der Waals surface area contributed by atoms with Crippen molar-refractivity contribution in [1.82, 2.24) is 5.32 Å². The fraction of sp³-hybridized carbons (Fsp3) is 0.917. The summed E-state index contributed by atoms with van der Waals surface area (Å²) in [6.45, 7) is 5.08. The molecule has 0 aromatic carbocycles. The van der Waals surface area contributed by atoms with Gasteiger partial charge in [-0.25, -0.2) is 0 Å². The quantitative estimate of drug-likeness (QED) is 0.330. The highest BCUT2D eigenvalue weighted by molar-refractivity contribution is 5.79. The maximum Gasteiger partial charge on any atom is 0.324 e. The monoisotopic (exact) mass is 254 g/mol. The van der Waals surface area contributed by atoms with Gasteiger partial charge in [-0.15, -0.1) is 0 Å². The molecule has 18 heavy (non-hydrogen) atoms. The van der Waals surface area contributed by atoms with Gasteiger partial charge in [0.25, 0.3) is 0 Å². The first-order chi connectivity index (χ1) is 8.53. The second kappa shape index (κ2) is 6.61. The van der Waals surface area contributed by atoms with E-state index in [4.69, 9.17) is 5.53 Å². The van der Waals surface area contributed by atoms with Gasteiger partial charge in [0.05, 0.1) is 0 Å². The van der Waals surface area contributed by atoms with Crippen molar-refractivity contribution in [3.05, 3.63) is 10.4 Å². The van der Waals surface area contributed by atoms with Crippen molar-refractivity contribution in [1.29, 1.82) is 0 Å². The summed E-state index contributed by atoms with van der Waals surface area (Å²) in [4.78, 5) is 14.3. The second-order valence-corrected chi connectivity index (χ2v) is 5.30. The molecule has 0 spiro atoms. The van der Waals surface area contributed by atoms with Crippen LogP contribution in [0.3, 0.4) is 0 Å². The van der Waals surface area contributed by atoms with Gasteiger partial charge in [-0.1, -0.05) is 25.4 Å². The van der Waals surface area contributed by atoms with E-state index in [1.165, 1.54) is 0 Å². The number of nitrogens with zero attached hydrogens (tertiary/aromatic N) is 3. The molecule has 6 nitrogen and oxygen atoms in total. The molecule has 0 aromatic heterocycles. The number of hydrogen-bond acceptors (Lipinski definition) is 3. The van der Waals surface area contributed by atoms with Gasteiger partial charge < -0.3 is 10.4 Å². The molecule has 1 aliphatic rings. The number of hydrogen-bond donors (Lipinski definition) is 2. The summed E-state index contributed by atoms with van der Waals surface area (Å²) in [5, 5.41) is 16.2. The highest BCUT2D eigenvalue weighted by Crippen LogP contribution is 2.37. The van der Waals surface area contributed by atoms with Gasteiger partial charge in [0, 0.05) is 11.5 Å². The fourth-order valence-electron chi connectivity index (χ4n) is 2.76. The first kappa shape index (κ1) is 14.8. The third kappa shape index (κ3) is 3.37. The first-order valence-corrected chi connectivity index (χ1v) is 6.52. The van der Waals surface area contributed by atoms with Crippen molar-refractivity contribution in [2.75, 3.05) is 13.1 Å². The lowest BCUT2D eigenvalue weighted by atomic mass is 9.69. The molecule has 1 rings (SSSR count). The van der Waals surface area contributed by atoms with Crippen LogP contribution in [0, 0.1) is 11.8 Å². The van der Waals surface area contributed by atoms with Gasteiger partial charge in [0.1, 0.15) is 5.54 Å². The molecule has 1 aliphatic carbocycles. The number of azide groups is 1. The topological polar surface area (TPSA) is 98.1 Å². The maximum atomic E-state index is 11.6. The number of aliphatic carboxylic acids is 1. The van der Waals surface area contributed by atoms with Crippen LogP contribution in [0.5, 0.6) is 0 Å². The zero-order valence-corrected chi connectivity index (χ0v) is 11.1. The van der Waals surface area contributed by atoms with E-state index < -0.39 is 11.5 Å². The van der Waals surface area contributed by atoms with E-state index >= 15 is 0 Å². The van der Waals surface area contributed by atoms with Crippen LogP contribution in [0.4, 0.5) is 0 Å². The highest BCUT2D eigenvalue weighted by Gasteiger charge is 2.46. The van der Waals surface area contributed by atoms with E-state index in [1.807, 2.05) is 6.92 Å². The average Bonchev–Trinajstić information content (AvgIpc) is 2.33. The molecule has 2 N–H and O–H groups in total. The number of rotatable bonds is 6. The SMILES string of the molecule is CC1CCC(C)C(NCCCN=[N+]=[N-])(C(=O)O)C1. The fourth-order valence-corrected chi connectivity index (χ4v) is 2.76. The lowest BCUT2D eigenvalue weighted by Crippen LogP contribution is -2.59. The second-order valence-electron chi connectivity index (χ2n) is 5.30. The summed E-state index contributed by atoms with van der Waals surface area (Å²) in [7, 11) is 0. The minimum Gasteiger partial charge on any atom is -0.480 e. The van der Waals surface area contributed by atoms with Crippen LogP contribution in [-0.2, 0) is 4.79 Å². The third-order valence-electron chi connectivity index (χ3n) is 3.92. The minimum atomic E-state index is -0.811. The Morgan fingerprint density at radius 3 is 2.89 bits per heavy atom. The van der Waals surface area contributed by atoms with E-state index in [0.29, 0.717) is 31.8 Å². The van der Waals surface area contributed by atoms with Crippen molar-refractivity contribution in [2.45, 2.75) is 45.1 Å². The van der Waals surface area contributed by atoms with Gasteiger partial charge in [-0.05, 0) is 43.2 Å². The van der Waals surface area contributed by atoms with Crippen LogP contribution < -0.4 is 5.32 Å². The lowest BCUT2D eigenvalue weighted by molar-refractivity contribution is -0.149. The summed E-state index contributed by atoms with van der Waals surface area (Å²) < 4.78 is 0. The summed E-state index contributed by atoms with van der Waals surface area (Å²) in [5.74, 6) is -0.196. The minimum absolute atomic E-state index is 0.130. The third-order valence-corrected chi connectivity index (χ3v) is 3.92. The van der Waals surface area contributed by atoms with Gasteiger partial charge in [-0.2, -0.15) is 0 Å². The van der Waals surface area contributed by atoms with Crippen molar-refractivity contribution < 1.29 is 9.90 Å². The highest BCUT2D eigenvalue weighted by atomic mass is 16.4. The Bertz CT molecular complexity index is 341. The number of nitrogens with one attached hydrogen (secondary N) is 1. The van der Waals surface area contributed by atoms with E-state index in [1.54, 1.807) is 0 Å². The molecular formula is C12H22N4O2. The normalized spacial score (nSPS) is 31.7. The van der Waals surface area contributed by atoms with Crippen molar-refractivity contribution in [2.24, 2.45) is 17.0 Å². The van der Waals surface area contributed by atoms with Gasteiger partial charge in [-0.3, -0.25) is 4.79 Å². The van der Waals surface area contributed by atoms with E-state index in [-0.39, 0.29) is 5.92 Å². The number of carbonyl (C=O) groups is 1. The average molecular weight is 254 g/mol. The van der Waals surface area contributed by atoms with Crippen molar-refractivity contribution in [3.8, 4) is 0 Å². The van der Waals surface area contributed by atoms with Crippen LogP contribution in [-0.4, -0.2) is 29.7 Å². The maximum absolute atomic E-state index is 11.6. The Labute approximate surface area is 107 Å². The van der Waals surface area contributed by atoms with Gasteiger partial charge in [0.2, 0.25) is 0 Å². The smallest absolute Gasteiger partial charge is 0.324 e. The molecule has 0 bridgehead atoms. The molecule has 1 saturated carbocycles. The van der Waals surface area contributed by atoms with Crippen LogP contribution in [0.25, 0.3) is 10.4 Å². The van der Waals surface area contributed by atoms with E-state index in [9.17, 15) is 9.90 Å². The van der Waals surface area contributed by atoms with Crippen molar-refractivity contribution in [3.63, 3.8) is 0 Å². The van der Waals surface area contributed by atoms with Crippen molar-refractivity contribution >= 4 is 5.97 Å². The molecule has 0 radical (unpaired) electrons. The molecule has 6 heteroatoms. The predicted molar refractivity (Wildman–Crippen MR) is 69.2 cm³/mol. The molecule has 0 heterocycles. The standard InChI is InChI=1S/C12H22N4O2/c1-9-4-5-10(2)12(8-9,11(17)18)14-6-3-7-15-16-13/h9-10,14H,3-8H2,1-2H3,(H,17,18). The summed E-state index contributed by atoms with van der Waals surface area (Å²) in [6, 6.07) is 0. The summed E-state index contributed by atoms with van der Waals surface area (Å²) >= 11 is 0. The van der Waals surface area contributed by atoms with Gasteiger partial charge >= 0.3 is 5.97 Å². The predicted octanol–water partition coefficient (Wildman–Crippen LogP) is 2.56. The molecule has 0 amide bonds. The molecule has 1 fully saturated rings. The largest absolute Gasteiger partial charge is 0.480 e. The Morgan fingerprint density at radius 1 is 1.56 bits per heavy atom. The molecule has 0 saturated heterocycles. The lowest BCUT2D eigenvalue weighted by Gasteiger charge is -2.42. The van der Waals surface area contributed by atoms with Crippen LogP contribution in [0.1, 0.15) is 39.5 Å². The molecule has 102 valence electrons. The summed E-state index contributed by atoms with van der Waals surface area (Å²) in [6.07, 6.45) is 3.37. The Hall–Kier alpha value is -1.26. The molecule has 3 unspecified atom stereocenters. The van der Waals surface area contributed by atoms with Crippen LogP contribution in [0.15, 0.2) is 5.11 Å². The molecule has 0 aromatic rings.